The van der Waals surface area contributed by atoms with Crippen molar-refractivity contribution in [2.24, 2.45) is 5.92 Å². The Morgan fingerprint density at radius 1 is 1.11 bits per heavy atom. The van der Waals surface area contributed by atoms with Crippen molar-refractivity contribution >= 4 is 44.9 Å². The third kappa shape index (κ3) is 3.74. The first kappa shape index (κ1) is 19.2. The normalized spacial score (nSPS) is 24.0. The maximum atomic E-state index is 13.0. The Morgan fingerprint density at radius 2 is 1.86 bits per heavy atom. The number of rotatable bonds is 3. The van der Waals surface area contributed by atoms with Gasteiger partial charge in [-0.3, -0.25) is 4.79 Å². The van der Waals surface area contributed by atoms with Gasteiger partial charge in [0.2, 0.25) is 0 Å². The summed E-state index contributed by atoms with van der Waals surface area (Å²) in [7, 11) is 0. The van der Waals surface area contributed by atoms with Crippen molar-refractivity contribution in [3.63, 3.8) is 0 Å². The summed E-state index contributed by atoms with van der Waals surface area (Å²) in [5.41, 5.74) is 1.69. The van der Waals surface area contributed by atoms with Crippen molar-refractivity contribution in [2.45, 2.75) is 31.5 Å². The van der Waals surface area contributed by atoms with Gasteiger partial charge < -0.3 is 9.47 Å². The van der Waals surface area contributed by atoms with E-state index in [2.05, 4.69) is 15.9 Å². The van der Waals surface area contributed by atoms with Crippen LogP contribution < -0.4 is 0 Å². The summed E-state index contributed by atoms with van der Waals surface area (Å²) in [4.78, 5) is 25.4. The lowest BCUT2D eigenvalue weighted by Gasteiger charge is -2.37. The molecule has 28 heavy (non-hydrogen) atoms. The quantitative estimate of drug-likeness (QED) is 0.571. The Morgan fingerprint density at radius 3 is 2.64 bits per heavy atom. The third-order valence-electron chi connectivity index (χ3n) is 5.24. The van der Waals surface area contributed by atoms with Gasteiger partial charge in [-0.15, -0.1) is 0 Å². The molecule has 1 heterocycles. The molecule has 1 saturated carbocycles. The minimum Gasteiger partial charge on any atom is -0.496 e. The van der Waals surface area contributed by atoms with Crippen molar-refractivity contribution < 1.29 is 19.1 Å². The number of fused-ring (bicyclic) bond motifs is 1. The van der Waals surface area contributed by atoms with E-state index in [1.807, 2.05) is 24.3 Å². The number of ether oxygens (including phenoxy) is 2. The van der Waals surface area contributed by atoms with Crippen LogP contribution in [0, 0.1) is 5.92 Å². The van der Waals surface area contributed by atoms with Crippen LogP contribution in [0.15, 0.2) is 59.3 Å². The number of hydrogen-bond donors (Lipinski definition) is 0. The van der Waals surface area contributed by atoms with Crippen molar-refractivity contribution in [1.29, 1.82) is 0 Å². The fraction of sp³-hybridized carbons (Fsp3) is 0.273. The number of halogens is 2. The fourth-order valence-electron chi connectivity index (χ4n) is 3.78. The number of allylic oxidation sites excluding steroid dienone is 1. The first-order valence-electron chi connectivity index (χ1n) is 9.15. The van der Waals surface area contributed by atoms with E-state index in [-0.39, 0.29) is 29.9 Å². The summed E-state index contributed by atoms with van der Waals surface area (Å²) in [6.45, 7) is 0. The zero-order valence-electron chi connectivity index (χ0n) is 14.9. The van der Waals surface area contributed by atoms with Crippen molar-refractivity contribution in [3.05, 3.63) is 75.4 Å². The lowest BCUT2D eigenvalue weighted by molar-refractivity contribution is -0.126. The molecule has 0 radical (unpaired) electrons. The van der Waals surface area contributed by atoms with E-state index >= 15 is 0 Å². The van der Waals surface area contributed by atoms with E-state index in [0.29, 0.717) is 45.5 Å². The van der Waals surface area contributed by atoms with Crippen LogP contribution in [0.4, 0.5) is 0 Å². The summed E-state index contributed by atoms with van der Waals surface area (Å²) in [6.07, 6.45) is 2.68. The van der Waals surface area contributed by atoms with Gasteiger partial charge in [-0.25, -0.2) is 4.79 Å². The molecule has 2 aromatic rings. The number of hydrogen-bond acceptors (Lipinski definition) is 4. The van der Waals surface area contributed by atoms with Crippen molar-refractivity contribution in [3.8, 4) is 0 Å². The highest BCUT2D eigenvalue weighted by Crippen LogP contribution is 2.38. The molecule has 1 fully saturated rings. The van der Waals surface area contributed by atoms with Crippen LogP contribution in [-0.2, 0) is 14.3 Å². The van der Waals surface area contributed by atoms with E-state index in [1.54, 1.807) is 24.3 Å². The van der Waals surface area contributed by atoms with Gasteiger partial charge in [-0.1, -0.05) is 41.9 Å². The second-order valence-corrected chi connectivity index (χ2v) is 8.24. The summed E-state index contributed by atoms with van der Waals surface area (Å²) in [5, 5.41) is 0.528. The van der Waals surface area contributed by atoms with Gasteiger partial charge in [0.05, 0.1) is 23.3 Å². The summed E-state index contributed by atoms with van der Waals surface area (Å²) >= 11 is 9.61. The zero-order valence-corrected chi connectivity index (χ0v) is 17.3. The highest BCUT2D eigenvalue weighted by Gasteiger charge is 2.41. The van der Waals surface area contributed by atoms with Crippen molar-refractivity contribution in [1.82, 2.24) is 0 Å². The molecule has 0 spiro atoms. The van der Waals surface area contributed by atoms with Crippen molar-refractivity contribution in [2.75, 3.05) is 0 Å². The van der Waals surface area contributed by atoms with E-state index < -0.39 is 0 Å². The van der Waals surface area contributed by atoms with E-state index in [4.69, 9.17) is 21.1 Å². The molecule has 2 aliphatic rings. The lowest BCUT2D eigenvalue weighted by atomic mass is 9.78. The van der Waals surface area contributed by atoms with Crippen LogP contribution in [0.5, 0.6) is 0 Å². The number of carbonyl (C=O) groups is 2. The molecule has 0 aromatic heterocycles. The van der Waals surface area contributed by atoms with Gasteiger partial charge in [0.1, 0.15) is 12.2 Å². The molecule has 4 nitrogen and oxygen atoms in total. The summed E-state index contributed by atoms with van der Waals surface area (Å²) in [5.74, 6) is -0.569. The molecular formula is C22H18BrClO4. The predicted octanol–water partition coefficient (Wildman–Crippen LogP) is 5.44. The SMILES string of the molecule is O=C(OC1CCC2C(=O)C(c3ccccc3Cl)=COC2C1)c1ccccc1Br. The second-order valence-electron chi connectivity index (χ2n) is 6.98. The standard InChI is InChI=1S/C22H18BrClO4/c23-18-7-3-1-6-15(18)22(26)28-13-9-10-16-20(11-13)27-12-17(21(16)25)14-5-2-4-8-19(14)24/h1-8,12-13,16,20H,9-11H2. The largest absolute Gasteiger partial charge is 0.496 e. The Hall–Kier alpha value is -2.11. The zero-order chi connectivity index (χ0) is 19.7. The first-order valence-corrected chi connectivity index (χ1v) is 10.3. The number of benzene rings is 2. The average Bonchev–Trinajstić information content (AvgIpc) is 2.69. The maximum absolute atomic E-state index is 13.0. The fourth-order valence-corrected chi connectivity index (χ4v) is 4.46. The van der Waals surface area contributed by atoms with Gasteiger partial charge in [0, 0.05) is 21.5 Å². The number of carbonyl (C=O) groups excluding carboxylic acids is 2. The molecule has 6 heteroatoms. The number of ketones is 1. The van der Waals surface area contributed by atoms with E-state index in [0.717, 1.165) is 0 Å². The van der Waals surface area contributed by atoms with Crippen LogP contribution in [0.25, 0.3) is 5.57 Å². The van der Waals surface area contributed by atoms with Gasteiger partial charge >= 0.3 is 5.97 Å². The lowest BCUT2D eigenvalue weighted by Crippen LogP contribution is -2.42. The number of Topliss-reactive ketones (excluding diaryl/α,β-unsaturated/α-hetero) is 1. The molecule has 0 saturated heterocycles. The minimum absolute atomic E-state index is 0.0416. The Balaban J connectivity index is 1.46. The molecule has 3 atom stereocenters. The topological polar surface area (TPSA) is 52.6 Å². The van der Waals surface area contributed by atoms with Gasteiger partial charge in [0.25, 0.3) is 0 Å². The Labute approximate surface area is 176 Å². The van der Waals surface area contributed by atoms with Crippen LogP contribution in [0.1, 0.15) is 35.2 Å². The molecule has 1 aliphatic heterocycles. The summed E-state index contributed by atoms with van der Waals surface area (Å²) < 4.78 is 12.2. The predicted molar refractivity (Wildman–Crippen MR) is 110 cm³/mol. The minimum atomic E-state index is -0.370. The molecule has 1 aliphatic carbocycles. The highest BCUT2D eigenvalue weighted by atomic mass is 79.9. The molecule has 0 bridgehead atoms. The molecule has 0 amide bonds. The number of esters is 1. The monoisotopic (exact) mass is 460 g/mol. The molecule has 3 unspecified atom stereocenters. The van der Waals surface area contributed by atoms with E-state index in [1.165, 1.54) is 6.26 Å². The van der Waals surface area contributed by atoms with Gasteiger partial charge in [-0.05, 0) is 47.0 Å². The molecular weight excluding hydrogens is 444 g/mol. The maximum Gasteiger partial charge on any atom is 0.339 e. The van der Waals surface area contributed by atoms with Crippen LogP contribution in [0.3, 0.4) is 0 Å². The molecule has 0 N–H and O–H groups in total. The van der Waals surface area contributed by atoms with E-state index in [9.17, 15) is 9.59 Å². The molecule has 144 valence electrons. The van der Waals surface area contributed by atoms with Crippen LogP contribution >= 0.6 is 27.5 Å². The second kappa shape index (κ2) is 8.10. The highest BCUT2D eigenvalue weighted by molar-refractivity contribution is 9.10. The Kier molecular flexibility index (Phi) is 5.56. The summed E-state index contributed by atoms with van der Waals surface area (Å²) in [6, 6.07) is 14.4. The third-order valence-corrected chi connectivity index (χ3v) is 6.26. The molecule has 2 aromatic carbocycles. The van der Waals surface area contributed by atoms with Gasteiger partial charge in [0.15, 0.2) is 5.78 Å². The average molecular weight is 462 g/mol. The molecule has 4 rings (SSSR count). The first-order chi connectivity index (χ1) is 13.5. The van der Waals surface area contributed by atoms with Crippen LogP contribution in [-0.4, -0.2) is 24.0 Å². The smallest absolute Gasteiger partial charge is 0.339 e. The van der Waals surface area contributed by atoms with Crippen LogP contribution in [0.2, 0.25) is 5.02 Å². The van der Waals surface area contributed by atoms with Gasteiger partial charge in [-0.2, -0.15) is 0 Å². The Bertz CT molecular complexity index is 955.